The van der Waals surface area contributed by atoms with Crippen LogP contribution in [0.4, 0.5) is 0 Å². The Labute approximate surface area is 52.9 Å². The van der Waals surface area contributed by atoms with E-state index in [9.17, 15) is 0 Å². The summed E-state index contributed by atoms with van der Waals surface area (Å²) >= 11 is 0. The molecule has 0 fully saturated rings. The van der Waals surface area contributed by atoms with E-state index in [0.717, 1.165) is 12.0 Å². The highest BCUT2D eigenvalue weighted by Gasteiger charge is 1.95. The molecule has 2 heteroatoms. The Morgan fingerprint density at radius 2 is 2.56 bits per heavy atom. The van der Waals surface area contributed by atoms with Gasteiger partial charge in [-0.05, 0) is 13.0 Å². The summed E-state index contributed by atoms with van der Waals surface area (Å²) < 4.78 is 0. The first-order valence-electron chi connectivity index (χ1n) is 3.06. The first-order valence-corrected chi connectivity index (χ1v) is 3.06. The maximum Gasteiger partial charge on any atom is 0.132 e. The zero-order chi connectivity index (χ0) is 6.27. The van der Waals surface area contributed by atoms with E-state index >= 15 is 0 Å². The maximum absolute atomic E-state index is 4.21. The van der Waals surface area contributed by atoms with Crippen LogP contribution in [-0.2, 0) is 0 Å². The van der Waals surface area contributed by atoms with Crippen molar-refractivity contribution in [1.82, 2.24) is 4.98 Å². The quantitative estimate of drug-likeness (QED) is 0.488. The van der Waals surface area contributed by atoms with E-state index in [1.807, 2.05) is 6.92 Å². The molecule has 1 aliphatic rings. The molecule has 0 saturated carbocycles. The van der Waals surface area contributed by atoms with Crippen molar-refractivity contribution >= 4 is 6.08 Å². The molecule has 0 atom stereocenters. The van der Waals surface area contributed by atoms with Crippen LogP contribution in [0.15, 0.2) is 11.1 Å². The van der Waals surface area contributed by atoms with E-state index in [4.69, 9.17) is 0 Å². The van der Waals surface area contributed by atoms with E-state index in [1.165, 1.54) is 10.9 Å². The molecule has 1 aliphatic heterocycles. The first-order chi connectivity index (χ1) is 4.36. The van der Waals surface area contributed by atoms with Crippen LogP contribution >= 0.6 is 0 Å². The second-order valence-electron chi connectivity index (χ2n) is 2.30. The van der Waals surface area contributed by atoms with Gasteiger partial charge in [-0.25, -0.2) is 0 Å². The summed E-state index contributed by atoms with van der Waals surface area (Å²) in [6, 6.07) is 2.12. The Kier molecular flexibility index (Phi) is 0.781. The van der Waals surface area contributed by atoms with E-state index < -0.39 is 0 Å². The fourth-order valence-electron chi connectivity index (χ4n) is 1.12. The third-order valence-electron chi connectivity index (χ3n) is 1.52. The second kappa shape index (κ2) is 1.47. The molecule has 1 aromatic heterocycles. The lowest BCUT2D eigenvalue weighted by Gasteiger charge is -1.76. The molecule has 0 unspecified atom stereocenters. The van der Waals surface area contributed by atoms with E-state index in [2.05, 4.69) is 22.1 Å². The molecular formula is C7H8N2. The highest BCUT2D eigenvalue weighted by Crippen LogP contribution is 1.83. The van der Waals surface area contributed by atoms with Crippen LogP contribution in [0.2, 0.25) is 0 Å². The van der Waals surface area contributed by atoms with E-state index in [1.54, 1.807) is 0 Å². The van der Waals surface area contributed by atoms with Gasteiger partial charge in [0, 0.05) is 10.9 Å². The molecule has 0 aliphatic carbocycles. The molecule has 2 nitrogen and oxygen atoms in total. The predicted molar refractivity (Wildman–Crippen MR) is 35.6 cm³/mol. The van der Waals surface area contributed by atoms with Crippen molar-refractivity contribution in [2.75, 3.05) is 6.54 Å². The van der Waals surface area contributed by atoms with Crippen molar-refractivity contribution < 1.29 is 0 Å². The topological polar surface area (TPSA) is 28.1 Å². The molecule has 9 heavy (non-hydrogen) atoms. The maximum atomic E-state index is 4.21. The lowest BCUT2D eigenvalue weighted by Crippen LogP contribution is -2.17. The smallest absolute Gasteiger partial charge is 0.132 e. The normalized spacial score (nSPS) is 14.3. The Bertz CT molecular complexity index is 301. The van der Waals surface area contributed by atoms with Crippen molar-refractivity contribution in [3.8, 4) is 0 Å². The summed E-state index contributed by atoms with van der Waals surface area (Å²) in [5, 5.41) is 1.26. The van der Waals surface area contributed by atoms with Crippen molar-refractivity contribution in [2.24, 2.45) is 4.99 Å². The molecule has 0 bridgehead atoms. The molecule has 46 valence electrons. The van der Waals surface area contributed by atoms with Crippen molar-refractivity contribution in [1.29, 1.82) is 0 Å². The van der Waals surface area contributed by atoms with Crippen molar-refractivity contribution in [3.05, 3.63) is 22.5 Å². The molecule has 0 radical (unpaired) electrons. The van der Waals surface area contributed by atoms with Gasteiger partial charge >= 0.3 is 0 Å². The van der Waals surface area contributed by atoms with Crippen LogP contribution in [-0.4, -0.2) is 11.5 Å². The van der Waals surface area contributed by atoms with E-state index in [-0.39, 0.29) is 0 Å². The van der Waals surface area contributed by atoms with Gasteiger partial charge in [0.1, 0.15) is 5.49 Å². The fourth-order valence-corrected chi connectivity index (χ4v) is 1.12. The molecule has 2 rings (SSSR count). The van der Waals surface area contributed by atoms with Crippen molar-refractivity contribution in [3.63, 3.8) is 0 Å². The molecule has 1 N–H and O–H groups in total. The molecule has 2 heterocycles. The number of hydrogen-bond acceptors (Lipinski definition) is 1. The zero-order valence-corrected chi connectivity index (χ0v) is 5.31. The summed E-state index contributed by atoms with van der Waals surface area (Å²) in [7, 11) is 0. The average molecular weight is 120 g/mol. The van der Waals surface area contributed by atoms with Crippen LogP contribution in [0.5, 0.6) is 0 Å². The number of aromatic amines is 1. The van der Waals surface area contributed by atoms with Crippen LogP contribution in [0.3, 0.4) is 0 Å². The van der Waals surface area contributed by atoms with Gasteiger partial charge in [0.2, 0.25) is 0 Å². The Morgan fingerprint density at radius 1 is 1.67 bits per heavy atom. The number of hydrogen-bond donors (Lipinski definition) is 1. The largest absolute Gasteiger partial charge is 0.344 e. The van der Waals surface area contributed by atoms with Crippen LogP contribution in [0.1, 0.15) is 5.69 Å². The summed E-state index contributed by atoms with van der Waals surface area (Å²) in [6.45, 7) is 2.89. The molecule has 0 aromatic carbocycles. The van der Waals surface area contributed by atoms with Crippen LogP contribution in [0, 0.1) is 6.92 Å². The van der Waals surface area contributed by atoms with Crippen LogP contribution in [0.25, 0.3) is 6.08 Å². The minimum Gasteiger partial charge on any atom is -0.344 e. The standard InChI is InChI=1S/C7H8N2/c1-5-4-6-2-3-8-7(6)9-5/h2,4H,3H2,1H3,(H,8,9). The predicted octanol–water partition coefficient (Wildman–Crippen LogP) is -0.263. The SMILES string of the molecule is Cc1cc2c([nH]1)=NCC=2. The minimum absolute atomic E-state index is 0.849. The third kappa shape index (κ3) is 0.593. The van der Waals surface area contributed by atoms with Crippen molar-refractivity contribution in [2.45, 2.75) is 6.92 Å². The highest BCUT2D eigenvalue weighted by atomic mass is 14.9. The Morgan fingerprint density at radius 3 is 3.33 bits per heavy atom. The summed E-state index contributed by atoms with van der Waals surface area (Å²) in [4.78, 5) is 7.37. The lowest BCUT2D eigenvalue weighted by atomic mass is 10.4. The number of aromatic nitrogens is 1. The number of H-pyrrole nitrogens is 1. The van der Waals surface area contributed by atoms with Gasteiger partial charge in [0.15, 0.2) is 0 Å². The van der Waals surface area contributed by atoms with Gasteiger partial charge in [-0.15, -0.1) is 0 Å². The van der Waals surface area contributed by atoms with Gasteiger partial charge in [-0.1, -0.05) is 6.08 Å². The lowest BCUT2D eigenvalue weighted by molar-refractivity contribution is 1.10. The van der Waals surface area contributed by atoms with Crippen LogP contribution < -0.4 is 10.7 Å². The first kappa shape index (κ1) is 4.79. The monoisotopic (exact) mass is 120 g/mol. The summed E-state index contributed by atoms with van der Waals surface area (Å²) in [5.41, 5.74) is 2.24. The summed E-state index contributed by atoms with van der Waals surface area (Å²) in [5.74, 6) is 0. The molecule has 0 amide bonds. The minimum atomic E-state index is 0.849. The summed E-state index contributed by atoms with van der Waals surface area (Å²) in [6.07, 6.45) is 2.12. The molecule has 1 aromatic rings. The van der Waals surface area contributed by atoms with Gasteiger partial charge in [-0.2, -0.15) is 0 Å². The Balaban J connectivity index is 2.94. The van der Waals surface area contributed by atoms with Gasteiger partial charge in [0.25, 0.3) is 0 Å². The second-order valence-corrected chi connectivity index (χ2v) is 2.30. The number of rotatable bonds is 0. The number of fused-ring (bicyclic) bond motifs is 1. The molecular weight excluding hydrogens is 112 g/mol. The van der Waals surface area contributed by atoms with Gasteiger partial charge in [-0.3, -0.25) is 4.99 Å². The molecule has 0 spiro atoms. The average Bonchev–Trinajstić information content (AvgIpc) is 2.22. The fraction of sp³-hybridized carbons (Fsp3) is 0.286. The Hall–Kier alpha value is -1.05. The zero-order valence-electron chi connectivity index (χ0n) is 5.31. The number of nitrogens with one attached hydrogen (secondary N) is 1. The van der Waals surface area contributed by atoms with Gasteiger partial charge in [0.05, 0.1) is 6.54 Å². The molecule has 0 saturated heterocycles. The highest BCUT2D eigenvalue weighted by molar-refractivity contribution is 5.28. The number of aryl methyl sites for hydroxylation is 1. The van der Waals surface area contributed by atoms with E-state index in [0.29, 0.717) is 0 Å². The van der Waals surface area contributed by atoms with Gasteiger partial charge < -0.3 is 4.98 Å². The number of nitrogens with zero attached hydrogens (tertiary/aromatic N) is 1. The third-order valence-corrected chi connectivity index (χ3v) is 1.52.